The summed E-state index contributed by atoms with van der Waals surface area (Å²) in [5.74, 6) is 1.26. The molecule has 0 fully saturated rings. The van der Waals surface area contributed by atoms with Crippen molar-refractivity contribution >= 4 is 22.4 Å². The minimum Gasteiger partial charge on any atom is -0.489 e. The van der Waals surface area contributed by atoms with Gasteiger partial charge in [0.05, 0.1) is 0 Å². The standard InChI is InChI=1S/C27H25NO3/c1-2-26(31-25-15-12-21-10-6-7-11-22(21)18-25)27(29)28-23-13-16-24(17-14-23)30-19-20-8-4-3-5-9-20/h3-18,26H,2,19H2,1H3,(H,28,29)/t26-/m0/s1. The van der Waals surface area contributed by atoms with Crippen LogP contribution in [0.25, 0.3) is 10.8 Å². The third kappa shape index (κ3) is 5.43. The third-order valence-corrected chi connectivity index (χ3v) is 5.03. The molecule has 156 valence electrons. The van der Waals surface area contributed by atoms with Gasteiger partial charge in [-0.25, -0.2) is 0 Å². The van der Waals surface area contributed by atoms with E-state index in [0.29, 0.717) is 24.5 Å². The van der Waals surface area contributed by atoms with E-state index < -0.39 is 6.10 Å². The second-order valence-electron chi connectivity index (χ2n) is 7.31. The van der Waals surface area contributed by atoms with E-state index >= 15 is 0 Å². The van der Waals surface area contributed by atoms with Crippen molar-refractivity contribution < 1.29 is 14.3 Å². The monoisotopic (exact) mass is 411 g/mol. The largest absolute Gasteiger partial charge is 0.489 e. The van der Waals surface area contributed by atoms with E-state index in [1.54, 1.807) is 0 Å². The number of rotatable bonds is 8. The predicted octanol–water partition coefficient (Wildman–Crippen LogP) is 6.21. The SMILES string of the molecule is CC[C@H](Oc1ccc2ccccc2c1)C(=O)Nc1ccc(OCc2ccccc2)cc1. The molecule has 4 aromatic carbocycles. The number of carbonyl (C=O) groups is 1. The Bertz CT molecular complexity index is 1140. The third-order valence-electron chi connectivity index (χ3n) is 5.03. The minimum atomic E-state index is -0.574. The van der Waals surface area contributed by atoms with Crippen molar-refractivity contribution in [2.45, 2.75) is 26.1 Å². The van der Waals surface area contributed by atoms with Gasteiger partial charge in [-0.3, -0.25) is 4.79 Å². The van der Waals surface area contributed by atoms with Crippen LogP contribution in [0, 0.1) is 0 Å². The molecular weight excluding hydrogens is 386 g/mol. The number of hydrogen-bond acceptors (Lipinski definition) is 3. The fraction of sp³-hybridized carbons (Fsp3) is 0.148. The highest BCUT2D eigenvalue weighted by Crippen LogP contribution is 2.23. The van der Waals surface area contributed by atoms with Gasteiger partial charge in [0.15, 0.2) is 6.10 Å². The van der Waals surface area contributed by atoms with Crippen molar-refractivity contribution in [2.75, 3.05) is 5.32 Å². The molecule has 4 aromatic rings. The minimum absolute atomic E-state index is 0.173. The lowest BCUT2D eigenvalue weighted by atomic mass is 10.1. The zero-order valence-electron chi connectivity index (χ0n) is 17.5. The number of ether oxygens (including phenoxy) is 2. The van der Waals surface area contributed by atoms with Crippen LogP contribution in [-0.2, 0) is 11.4 Å². The molecule has 4 heteroatoms. The summed E-state index contributed by atoms with van der Waals surface area (Å²) < 4.78 is 11.8. The number of carbonyl (C=O) groups excluding carboxylic acids is 1. The van der Waals surface area contributed by atoms with Crippen LogP contribution in [0.15, 0.2) is 97.1 Å². The topological polar surface area (TPSA) is 47.6 Å². The van der Waals surface area contributed by atoms with Gasteiger partial charge in [0, 0.05) is 5.69 Å². The van der Waals surface area contributed by atoms with Crippen LogP contribution in [0.5, 0.6) is 11.5 Å². The quantitative estimate of drug-likeness (QED) is 0.375. The van der Waals surface area contributed by atoms with Gasteiger partial charge < -0.3 is 14.8 Å². The van der Waals surface area contributed by atoms with E-state index in [2.05, 4.69) is 11.4 Å². The van der Waals surface area contributed by atoms with Gasteiger partial charge in [0.1, 0.15) is 18.1 Å². The highest BCUT2D eigenvalue weighted by atomic mass is 16.5. The fourth-order valence-electron chi connectivity index (χ4n) is 3.33. The molecule has 0 bridgehead atoms. The molecular formula is C27H25NO3. The van der Waals surface area contributed by atoms with Crippen LogP contribution in [0.2, 0.25) is 0 Å². The molecule has 1 amide bonds. The van der Waals surface area contributed by atoms with Crippen LogP contribution in [0.3, 0.4) is 0 Å². The molecule has 0 saturated heterocycles. The van der Waals surface area contributed by atoms with Gasteiger partial charge in [-0.1, -0.05) is 67.6 Å². The van der Waals surface area contributed by atoms with Crippen LogP contribution in [-0.4, -0.2) is 12.0 Å². The maximum absolute atomic E-state index is 12.7. The molecule has 0 aliphatic rings. The van der Waals surface area contributed by atoms with Crippen LogP contribution in [0.1, 0.15) is 18.9 Å². The molecule has 0 heterocycles. The number of benzene rings is 4. The van der Waals surface area contributed by atoms with E-state index in [1.165, 1.54) is 0 Å². The molecule has 1 N–H and O–H groups in total. The van der Waals surface area contributed by atoms with Gasteiger partial charge in [-0.05, 0) is 59.2 Å². The highest BCUT2D eigenvalue weighted by Gasteiger charge is 2.18. The second-order valence-corrected chi connectivity index (χ2v) is 7.31. The molecule has 0 aliphatic carbocycles. The lowest BCUT2D eigenvalue weighted by molar-refractivity contribution is -0.122. The number of hydrogen-bond donors (Lipinski definition) is 1. The Morgan fingerprint density at radius 1 is 0.806 bits per heavy atom. The number of anilines is 1. The number of nitrogens with one attached hydrogen (secondary N) is 1. The van der Waals surface area contributed by atoms with Crippen molar-refractivity contribution in [3.8, 4) is 11.5 Å². The lowest BCUT2D eigenvalue weighted by Crippen LogP contribution is -2.32. The first kappa shape index (κ1) is 20.5. The van der Waals surface area contributed by atoms with E-state index in [9.17, 15) is 4.79 Å². The predicted molar refractivity (Wildman–Crippen MR) is 125 cm³/mol. The van der Waals surface area contributed by atoms with Crippen molar-refractivity contribution in [3.05, 3.63) is 103 Å². The van der Waals surface area contributed by atoms with E-state index in [0.717, 1.165) is 22.1 Å². The number of fused-ring (bicyclic) bond motifs is 1. The zero-order valence-corrected chi connectivity index (χ0v) is 17.5. The van der Waals surface area contributed by atoms with Crippen LogP contribution >= 0.6 is 0 Å². The first-order valence-electron chi connectivity index (χ1n) is 10.4. The van der Waals surface area contributed by atoms with Gasteiger partial charge in [0.25, 0.3) is 5.91 Å². The van der Waals surface area contributed by atoms with Gasteiger partial charge in [-0.15, -0.1) is 0 Å². The van der Waals surface area contributed by atoms with Gasteiger partial charge in [-0.2, -0.15) is 0 Å². The van der Waals surface area contributed by atoms with Crippen molar-refractivity contribution in [3.63, 3.8) is 0 Å². The zero-order chi connectivity index (χ0) is 21.5. The maximum atomic E-state index is 12.7. The molecule has 0 saturated carbocycles. The normalized spacial score (nSPS) is 11.6. The maximum Gasteiger partial charge on any atom is 0.265 e. The van der Waals surface area contributed by atoms with Crippen LogP contribution in [0.4, 0.5) is 5.69 Å². The molecule has 0 aromatic heterocycles. The Morgan fingerprint density at radius 3 is 2.23 bits per heavy atom. The molecule has 0 unspecified atom stereocenters. The Balaban J connectivity index is 1.35. The summed E-state index contributed by atoms with van der Waals surface area (Å²) in [6.45, 7) is 2.44. The van der Waals surface area contributed by atoms with Crippen molar-refractivity contribution in [2.24, 2.45) is 0 Å². The molecule has 0 spiro atoms. The van der Waals surface area contributed by atoms with Crippen LogP contribution < -0.4 is 14.8 Å². The first-order valence-corrected chi connectivity index (χ1v) is 10.4. The molecule has 1 atom stereocenters. The smallest absolute Gasteiger partial charge is 0.265 e. The summed E-state index contributed by atoms with van der Waals surface area (Å²) >= 11 is 0. The fourth-order valence-corrected chi connectivity index (χ4v) is 3.33. The molecule has 4 rings (SSSR count). The summed E-state index contributed by atoms with van der Waals surface area (Å²) in [6.07, 6.45) is -0.00752. The summed E-state index contributed by atoms with van der Waals surface area (Å²) in [4.78, 5) is 12.7. The Labute approximate surface area is 182 Å². The van der Waals surface area contributed by atoms with E-state index in [4.69, 9.17) is 9.47 Å². The van der Waals surface area contributed by atoms with Crippen molar-refractivity contribution in [1.29, 1.82) is 0 Å². The summed E-state index contributed by atoms with van der Waals surface area (Å²) in [5.41, 5.74) is 1.81. The molecule has 0 radical (unpaired) electrons. The van der Waals surface area contributed by atoms with Gasteiger partial charge >= 0.3 is 0 Å². The van der Waals surface area contributed by atoms with Crippen molar-refractivity contribution in [1.82, 2.24) is 0 Å². The molecule has 0 aliphatic heterocycles. The summed E-state index contributed by atoms with van der Waals surface area (Å²) in [7, 11) is 0. The average molecular weight is 412 g/mol. The Morgan fingerprint density at radius 2 is 1.48 bits per heavy atom. The summed E-state index contributed by atoms with van der Waals surface area (Å²) in [5, 5.41) is 5.16. The Hall–Kier alpha value is -3.79. The molecule has 31 heavy (non-hydrogen) atoms. The van der Waals surface area contributed by atoms with Gasteiger partial charge in [0.2, 0.25) is 0 Å². The number of amides is 1. The van der Waals surface area contributed by atoms with E-state index in [-0.39, 0.29) is 5.91 Å². The molecule has 4 nitrogen and oxygen atoms in total. The second kappa shape index (κ2) is 9.81. The summed E-state index contributed by atoms with van der Waals surface area (Å²) in [6, 6.07) is 31.3. The highest BCUT2D eigenvalue weighted by molar-refractivity contribution is 5.94. The average Bonchev–Trinajstić information content (AvgIpc) is 2.82. The lowest BCUT2D eigenvalue weighted by Gasteiger charge is -2.18. The van der Waals surface area contributed by atoms with E-state index in [1.807, 2.05) is 97.9 Å². The Kier molecular flexibility index (Phi) is 6.48. The first-order chi connectivity index (χ1) is 15.2.